The van der Waals surface area contributed by atoms with Gasteiger partial charge in [0.1, 0.15) is 0 Å². The number of ether oxygens (including phenoxy) is 1. The van der Waals surface area contributed by atoms with Crippen molar-refractivity contribution in [2.24, 2.45) is 5.92 Å². The smallest absolute Gasteiger partial charge is 0.422 e. The molecule has 0 spiro atoms. The summed E-state index contributed by atoms with van der Waals surface area (Å²) < 4.78 is 41.1. The third-order valence-electron chi connectivity index (χ3n) is 3.92. The van der Waals surface area contributed by atoms with Gasteiger partial charge in [-0.25, -0.2) is 4.98 Å². The number of hydrogen-bond acceptors (Lipinski definition) is 4. The Morgan fingerprint density at radius 2 is 2.16 bits per heavy atom. The zero-order valence-corrected chi connectivity index (χ0v) is 13.7. The number of amides is 1. The van der Waals surface area contributed by atoms with E-state index in [4.69, 9.17) is 6.42 Å². The molecule has 1 N–H and O–H groups in total. The van der Waals surface area contributed by atoms with Crippen LogP contribution in [-0.4, -0.2) is 48.2 Å². The van der Waals surface area contributed by atoms with Gasteiger partial charge in [0.25, 0.3) is 0 Å². The quantitative estimate of drug-likeness (QED) is 0.793. The standard InChI is InChI=1S/C17H20F3N3O2/c1-2-7-23-8-4-14(5-9-23)16(24)22-11-13-3-6-21-15(10-13)25-12-17(18,19)20/h1,3,6,10,14H,4-5,7-9,11-12H2,(H,22,24). The molecule has 1 saturated heterocycles. The molecule has 0 atom stereocenters. The van der Waals surface area contributed by atoms with Crippen molar-refractivity contribution >= 4 is 5.91 Å². The molecule has 1 aromatic rings. The maximum Gasteiger partial charge on any atom is 0.422 e. The normalized spacial score (nSPS) is 16.2. The monoisotopic (exact) mass is 355 g/mol. The fraction of sp³-hybridized carbons (Fsp3) is 0.529. The molecule has 0 saturated carbocycles. The van der Waals surface area contributed by atoms with Crippen LogP contribution in [0.2, 0.25) is 0 Å². The Kier molecular flexibility index (Phi) is 6.65. The van der Waals surface area contributed by atoms with Crippen molar-refractivity contribution in [1.29, 1.82) is 0 Å². The highest BCUT2D eigenvalue weighted by molar-refractivity contribution is 5.78. The van der Waals surface area contributed by atoms with E-state index in [1.54, 1.807) is 6.07 Å². The van der Waals surface area contributed by atoms with Crippen LogP contribution in [-0.2, 0) is 11.3 Å². The number of aromatic nitrogens is 1. The molecule has 5 nitrogen and oxygen atoms in total. The summed E-state index contributed by atoms with van der Waals surface area (Å²) in [6.07, 6.45) is 3.69. The van der Waals surface area contributed by atoms with Gasteiger partial charge in [-0.15, -0.1) is 6.42 Å². The Morgan fingerprint density at radius 3 is 2.80 bits per heavy atom. The molecule has 0 aromatic carbocycles. The van der Waals surface area contributed by atoms with Crippen molar-refractivity contribution in [3.63, 3.8) is 0 Å². The number of pyridine rings is 1. The first-order chi connectivity index (χ1) is 11.9. The number of nitrogens with one attached hydrogen (secondary N) is 1. The number of piperidine rings is 1. The fourth-order valence-electron chi connectivity index (χ4n) is 2.61. The molecule has 0 unspecified atom stereocenters. The van der Waals surface area contributed by atoms with Crippen molar-refractivity contribution in [2.75, 3.05) is 26.2 Å². The molecule has 1 aromatic heterocycles. The zero-order chi connectivity index (χ0) is 18.3. The van der Waals surface area contributed by atoms with Crippen LogP contribution in [0.1, 0.15) is 18.4 Å². The highest BCUT2D eigenvalue weighted by Crippen LogP contribution is 2.19. The fourth-order valence-corrected chi connectivity index (χ4v) is 2.61. The van der Waals surface area contributed by atoms with Crippen LogP contribution in [0.15, 0.2) is 18.3 Å². The van der Waals surface area contributed by atoms with Gasteiger partial charge in [-0.1, -0.05) is 5.92 Å². The summed E-state index contributed by atoms with van der Waals surface area (Å²) in [5.74, 6) is 2.34. The van der Waals surface area contributed by atoms with E-state index in [1.807, 2.05) is 0 Å². The largest absolute Gasteiger partial charge is 0.468 e. The van der Waals surface area contributed by atoms with Crippen LogP contribution in [0.4, 0.5) is 13.2 Å². The molecule has 2 heterocycles. The third kappa shape index (κ3) is 6.63. The maximum atomic E-state index is 12.2. The molecule has 0 aliphatic carbocycles. The van der Waals surface area contributed by atoms with E-state index < -0.39 is 12.8 Å². The Bertz CT molecular complexity index is 620. The molecule has 8 heteroatoms. The van der Waals surface area contributed by atoms with E-state index in [2.05, 4.69) is 25.9 Å². The van der Waals surface area contributed by atoms with E-state index in [0.29, 0.717) is 12.1 Å². The second-order valence-electron chi connectivity index (χ2n) is 5.88. The second kappa shape index (κ2) is 8.72. The number of alkyl halides is 3. The number of hydrogen-bond donors (Lipinski definition) is 1. The Morgan fingerprint density at radius 1 is 1.44 bits per heavy atom. The number of nitrogens with zero attached hydrogens (tertiary/aromatic N) is 2. The average Bonchev–Trinajstić information content (AvgIpc) is 2.59. The van der Waals surface area contributed by atoms with Gasteiger partial charge in [-0.2, -0.15) is 13.2 Å². The lowest BCUT2D eigenvalue weighted by Crippen LogP contribution is -2.40. The highest BCUT2D eigenvalue weighted by atomic mass is 19.4. The minimum absolute atomic E-state index is 0.0603. The number of carbonyl (C=O) groups is 1. The minimum Gasteiger partial charge on any atom is -0.468 e. The van der Waals surface area contributed by atoms with E-state index in [1.165, 1.54) is 12.3 Å². The SMILES string of the molecule is C#CCN1CCC(C(=O)NCc2ccnc(OCC(F)(F)F)c2)CC1. The molecular weight excluding hydrogens is 335 g/mol. The summed E-state index contributed by atoms with van der Waals surface area (Å²) in [6.45, 7) is 0.979. The van der Waals surface area contributed by atoms with Gasteiger partial charge in [0.15, 0.2) is 6.61 Å². The molecule has 1 aliphatic heterocycles. The maximum absolute atomic E-state index is 12.2. The van der Waals surface area contributed by atoms with Crippen molar-refractivity contribution in [1.82, 2.24) is 15.2 Å². The van der Waals surface area contributed by atoms with Crippen molar-refractivity contribution < 1.29 is 22.7 Å². The average molecular weight is 355 g/mol. The van der Waals surface area contributed by atoms with E-state index >= 15 is 0 Å². The highest BCUT2D eigenvalue weighted by Gasteiger charge is 2.28. The molecule has 1 aliphatic rings. The first-order valence-corrected chi connectivity index (χ1v) is 7.95. The molecule has 0 radical (unpaired) electrons. The summed E-state index contributed by atoms with van der Waals surface area (Å²) in [6, 6.07) is 3.01. The third-order valence-corrected chi connectivity index (χ3v) is 3.92. The van der Waals surface area contributed by atoms with Crippen molar-refractivity contribution in [3.05, 3.63) is 23.9 Å². The zero-order valence-electron chi connectivity index (χ0n) is 13.7. The summed E-state index contributed by atoms with van der Waals surface area (Å²) in [5.41, 5.74) is 0.630. The molecule has 2 rings (SSSR count). The number of likely N-dealkylation sites (tertiary alicyclic amines) is 1. The summed E-state index contributed by atoms with van der Waals surface area (Å²) >= 11 is 0. The molecule has 0 bridgehead atoms. The van der Waals surface area contributed by atoms with Crippen LogP contribution in [0, 0.1) is 18.3 Å². The number of terminal acetylenes is 1. The van der Waals surface area contributed by atoms with Crippen LogP contribution < -0.4 is 10.1 Å². The van der Waals surface area contributed by atoms with Gasteiger partial charge in [0.05, 0.1) is 6.54 Å². The van der Waals surface area contributed by atoms with Gasteiger partial charge >= 0.3 is 6.18 Å². The van der Waals surface area contributed by atoms with Crippen molar-refractivity contribution in [2.45, 2.75) is 25.6 Å². The summed E-state index contributed by atoms with van der Waals surface area (Å²) in [7, 11) is 0. The molecule has 1 amide bonds. The predicted molar refractivity (Wildman–Crippen MR) is 85.6 cm³/mol. The molecular formula is C17H20F3N3O2. The number of rotatable bonds is 6. The van der Waals surface area contributed by atoms with Gasteiger partial charge in [-0.3, -0.25) is 9.69 Å². The van der Waals surface area contributed by atoms with Gasteiger partial charge in [0.2, 0.25) is 11.8 Å². The lowest BCUT2D eigenvalue weighted by Gasteiger charge is -2.29. The first-order valence-electron chi connectivity index (χ1n) is 7.95. The van der Waals surface area contributed by atoms with E-state index in [0.717, 1.165) is 25.9 Å². The second-order valence-corrected chi connectivity index (χ2v) is 5.88. The molecule has 136 valence electrons. The van der Waals surface area contributed by atoms with Gasteiger partial charge in [0, 0.05) is 24.7 Å². The Hall–Kier alpha value is -2.27. The Balaban J connectivity index is 1.79. The summed E-state index contributed by atoms with van der Waals surface area (Å²) in [4.78, 5) is 18.1. The van der Waals surface area contributed by atoms with Crippen LogP contribution in [0.3, 0.4) is 0 Å². The van der Waals surface area contributed by atoms with Crippen LogP contribution >= 0.6 is 0 Å². The van der Waals surface area contributed by atoms with Gasteiger partial charge in [-0.05, 0) is 37.6 Å². The number of carbonyl (C=O) groups excluding carboxylic acids is 1. The van der Waals surface area contributed by atoms with Gasteiger partial charge < -0.3 is 10.1 Å². The topological polar surface area (TPSA) is 54.5 Å². The molecule has 25 heavy (non-hydrogen) atoms. The summed E-state index contributed by atoms with van der Waals surface area (Å²) in [5, 5.41) is 2.81. The minimum atomic E-state index is -4.42. The van der Waals surface area contributed by atoms with E-state index in [9.17, 15) is 18.0 Å². The van der Waals surface area contributed by atoms with Crippen LogP contribution in [0.5, 0.6) is 5.88 Å². The van der Waals surface area contributed by atoms with E-state index in [-0.39, 0.29) is 24.2 Å². The number of halogens is 3. The lowest BCUT2D eigenvalue weighted by atomic mass is 9.96. The van der Waals surface area contributed by atoms with Crippen molar-refractivity contribution in [3.8, 4) is 18.2 Å². The van der Waals surface area contributed by atoms with Crippen LogP contribution in [0.25, 0.3) is 0 Å². The lowest BCUT2D eigenvalue weighted by molar-refractivity contribution is -0.154. The molecule has 1 fully saturated rings. The Labute approximate surface area is 144 Å². The predicted octanol–water partition coefficient (Wildman–Crippen LogP) is 1.98. The first kappa shape index (κ1) is 19.1.